The lowest BCUT2D eigenvalue weighted by molar-refractivity contribution is -0.117. The van der Waals surface area contributed by atoms with Crippen LogP contribution < -0.4 is 20.3 Å². The van der Waals surface area contributed by atoms with Crippen LogP contribution in [-0.2, 0) is 24.2 Å². The number of aromatic nitrogens is 3. The van der Waals surface area contributed by atoms with E-state index >= 15 is 0 Å². The molecule has 0 bridgehead atoms. The van der Waals surface area contributed by atoms with Crippen molar-refractivity contribution < 1.29 is 14.3 Å². The Labute approximate surface area is 190 Å². The average Bonchev–Trinajstić information content (AvgIpc) is 3.13. The van der Waals surface area contributed by atoms with Gasteiger partial charge in [-0.25, -0.2) is 4.68 Å². The maximum absolute atomic E-state index is 13.2. The first-order valence-corrected chi connectivity index (χ1v) is 11.4. The quantitative estimate of drug-likeness (QED) is 0.630. The van der Waals surface area contributed by atoms with Crippen LogP contribution in [0.4, 0.5) is 5.69 Å². The summed E-state index contributed by atoms with van der Waals surface area (Å²) in [6.07, 6.45) is 2.85. The van der Waals surface area contributed by atoms with E-state index in [0.29, 0.717) is 33.3 Å². The predicted octanol–water partition coefficient (Wildman–Crippen LogP) is 3.66. The van der Waals surface area contributed by atoms with Crippen LogP contribution in [0.15, 0.2) is 23.0 Å². The van der Waals surface area contributed by atoms with Gasteiger partial charge < -0.3 is 14.8 Å². The number of aryl methyl sites for hydroxylation is 1. The third kappa shape index (κ3) is 4.34. The van der Waals surface area contributed by atoms with E-state index in [-0.39, 0.29) is 23.4 Å². The van der Waals surface area contributed by atoms with Crippen molar-refractivity contribution >= 4 is 33.1 Å². The summed E-state index contributed by atoms with van der Waals surface area (Å²) in [6, 6.07) is 5.07. The molecule has 1 aliphatic carbocycles. The van der Waals surface area contributed by atoms with Gasteiger partial charge in [0.05, 0.1) is 19.6 Å². The maximum Gasteiger partial charge on any atom is 0.279 e. The first-order valence-electron chi connectivity index (χ1n) is 10.6. The van der Waals surface area contributed by atoms with Gasteiger partial charge >= 0.3 is 0 Å². The van der Waals surface area contributed by atoms with Crippen LogP contribution in [0.1, 0.15) is 37.6 Å². The van der Waals surface area contributed by atoms with Crippen molar-refractivity contribution in [1.29, 1.82) is 0 Å². The van der Waals surface area contributed by atoms with E-state index in [1.807, 2.05) is 0 Å². The van der Waals surface area contributed by atoms with Gasteiger partial charge in [-0.3, -0.25) is 9.59 Å². The van der Waals surface area contributed by atoms with Gasteiger partial charge in [0, 0.05) is 28.8 Å². The summed E-state index contributed by atoms with van der Waals surface area (Å²) in [4.78, 5) is 27.7. The third-order valence-electron chi connectivity index (χ3n) is 6.09. The van der Waals surface area contributed by atoms with Gasteiger partial charge in [-0.05, 0) is 36.2 Å². The number of rotatable bonds is 5. The second kappa shape index (κ2) is 8.54. The Morgan fingerprint density at radius 1 is 1.22 bits per heavy atom. The van der Waals surface area contributed by atoms with Gasteiger partial charge in [-0.15, -0.1) is 16.4 Å². The fourth-order valence-corrected chi connectivity index (χ4v) is 5.42. The maximum atomic E-state index is 13.2. The number of nitrogens with zero attached hydrogens (tertiary/aromatic N) is 3. The lowest BCUT2D eigenvalue weighted by Crippen LogP contribution is -2.31. The minimum absolute atomic E-state index is 0.223. The molecule has 0 unspecified atom stereocenters. The molecule has 0 radical (unpaired) electrons. The second-order valence-corrected chi connectivity index (χ2v) is 10.3. The zero-order valence-electron chi connectivity index (χ0n) is 19.0. The normalized spacial score (nSPS) is 16.0. The number of hydrogen-bond acceptors (Lipinski definition) is 7. The topological polar surface area (TPSA) is 95.3 Å². The van der Waals surface area contributed by atoms with Crippen molar-refractivity contribution in [2.75, 3.05) is 19.5 Å². The molecule has 2 aromatic heterocycles. The second-order valence-electron chi connectivity index (χ2n) is 9.19. The SMILES string of the molecule is COc1cc(NC(=O)Cn2nnc3sc4c(c3c2=O)CC[C@@H](C(C)(C)C)C4)cc(OC)c1. The third-order valence-corrected chi connectivity index (χ3v) is 7.23. The minimum atomic E-state index is -0.382. The summed E-state index contributed by atoms with van der Waals surface area (Å²) in [6.45, 7) is 6.56. The molecule has 8 nitrogen and oxygen atoms in total. The molecular formula is C23H28N4O4S. The number of anilines is 1. The van der Waals surface area contributed by atoms with Crippen LogP contribution in [0, 0.1) is 11.3 Å². The Hall–Kier alpha value is -2.94. The Kier molecular flexibility index (Phi) is 5.94. The van der Waals surface area contributed by atoms with Crippen molar-refractivity contribution in [3.63, 3.8) is 0 Å². The van der Waals surface area contributed by atoms with E-state index < -0.39 is 0 Å². The van der Waals surface area contributed by atoms with Gasteiger partial charge in [0.2, 0.25) is 5.91 Å². The number of benzene rings is 1. The molecule has 1 aliphatic rings. The number of carbonyl (C=O) groups is 1. The van der Waals surface area contributed by atoms with Crippen LogP contribution in [0.3, 0.4) is 0 Å². The highest BCUT2D eigenvalue weighted by atomic mass is 32.1. The highest BCUT2D eigenvalue weighted by Crippen LogP contribution is 2.41. The number of methoxy groups -OCH3 is 2. The Bertz CT molecular complexity index is 1200. The van der Waals surface area contributed by atoms with E-state index in [9.17, 15) is 9.59 Å². The van der Waals surface area contributed by atoms with Crippen molar-refractivity contribution in [3.05, 3.63) is 39.0 Å². The molecule has 3 aromatic rings. The lowest BCUT2D eigenvalue weighted by Gasteiger charge is -2.33. The fraction of sp³-hybridized carbons (Fsp3) is 0.478. The van der Waals surface area contributed by atoms with Gasteiger partial charge in [0.1, 0.15) is 18.0 Å². The first kappa shape index (κ1) is 22.3. The lowest BCUT2D eigenvalue weighted by atomic mass is 9.72. The highest BCUT2D eigenvalue weighted by molar-refractivity contribution is 7.18. The van der Waals surface area contributed by atoms with Crippen LogP contribution in [0.25, 0.3) is 10.2 Å². The molecule has 1 aromatic carbocycles. The van der Waals surface area contributed by atoms with E-state index in [4.69, 9.17) is 9.47 Å². The molecule has 1 atom stereocenters. The summed E-state index contributed by atoms with van der Waals surface area (Å²) >= 11 is 1.56. The summed E-state index contributed by atoms with van der Waals surface area (Å²) in [5, 5.41) is 11.7. The number of ether oxygens (including phenoxy) is 2. The van der Waals surface area contributed by atoms with Crippen molar-refractivity contribution in [2.45, 2.75) is 46.6 Å². The summed E-state index contributed by atoms with van der Waals surface area (Å²) < 4.78 is 11.6. The molecule has 4 rings (SSSR count). The van der Waals surface area contributed by atoms with Crippen LogP contribution in [-0.4, -0.2) is 35.1 Å². The molecule has 0 spiro atoms. The number of carbonyl (C=O) groups excluding carboxylic acids is 1. The van der Waals surface area contributed by atoms with Gasteiger partial charge in [-0.2, -0.15) is 0 Å². The van der Waals surface area contributed by atoms with Gasteiger partial charge in [-0.1, -0.05) is 26.0 Å². The molecule has 1 amide bonds. The molecule has 170 valence electrons. The number of thiophene rings is 1. The molecule has 0 saturated heterocycles. The molecule has 9 heteroatoms. The van der Waals surface area contributed by atoms with E-state index in [1.165, 1.54) is 19.1 Å². The number of amides is 1. The molecule has 2 heterocycles. The monoisotopic (exact) mass is 456 g/mol. The van der Waals surface area contributed by atoms with Crippen LogP contribution >= 0.6 is 11.3 Å². The molecular weight excluding hydrogens is 428 g/mol. The van der Waals surface area contributed by atoms with E-state index in [0.717, 1.165) is 29.5 Å². The van der Waals surface area contributed by atoms with Gasteiger partial charge in [0.15, 0.2) is 4.83 Å². The highest BCUT2D eigenvalue weighted by Gasteiger charge is 2.32. The van der Waals surface area contributed by atoms with Crippen LogP contribution in [0.5, 0.6) is 11.5 Å². The predicted molar refractivity (Wildman–Crippen MR) is 125 cm³/mol. The Morgan fingerprint density at radius 2 is 1.91 bits per heavy atom. The van der Waals surface area contributed by atoms with Crippen LogP contribution in [0.2, 0.25) is 0 Å². The van der Waals surface area contributed by atoms with Crippen molar-refractivity contribution in [3.8, 4) is 11.5 Å². The Balaban J connectivity index is 1.58. The summed E-state index contributed by atoms with van der Waals surface area (Å²) in [5.74, 6) is 1.30. The van der Waals surface area contributed by atoms with E-state index in [2.05, 4.69) is 36.4 Å². The molecule has 0 saturated carbocycles. The molecule has 0 aliphatic heterocycles. The molecule has 1 N–H and O–H groups in total. The molecule has 32 heavy (non-hydrogen) atoms. The fourth-order valence-electron chi connectivity index (χ4n) is 4.19. The number of hydrogen-bond donors (Lipinski definition) is 1. The minimum Gasteiger partial charge on any atom is -0.497 e. The van der Waals surface area contributed by atoms with Gasteiger partial charge in [0.25, 0.3) is 5.56 Å². The standard InChI is InChI=1S/C23H28N4O4S/c1-23(2,3)13-6-7-17-18(8-13)32-21-20(17)22(29)27(26-25-21)12-19(28)24-14-9-15(30-4)11-16(10-14)31-5/h9-11,13H,6-8,12H2,1-5H3,(H,24,28)/t13-/m1/s1. The van der Waals surface area contributed by atoms with E-state index in [1.54, 1.807) is 29.5 Å². The summed E-state index contributed by atoms with van der Waals surface area (Å²) in [5.41, 5.74) is 1.55. The number of fused-ring (bicyclic) bond motifs is 3. The van der Waals surface area contributed by atoms with Crippen molar-refractivity contribution in [2.24, 2.45) is 11.3 Å². The smallest absolute Gasteiger partial charge is 0.279 e. The first-order chi connectivity index (χ1) is 15.2. The van der Waals surface area contributed by atoms with Crippen molar-refractivity contribution in [1.82, 2.24) is 15.0 Å². The average molecular weight is 457 g/mol. The Morgan fingerprint density at radius 3 is 2.53 bits per heavy atom. The zero-order chi connectivity index (χ0) is 23.0. The number of nitrogens with one attached hydrogen (secondary N) is 1. The summed E-state index contributed by atoms with van der Waals surface area (Å²) in [7, 11) is 3.08. The zero-order valence-corrected chi connectivity index (χ0v) is 19.8. The molecule has 0 fully saturated rings. The largest absolute Gasteiger partial charge is 0.497 e.